The third-order valence-corrected chi connectivity index (χ3v) is 6.27. The van der Waals surface area contributed by atoms with Gasteiger partial charge in [0.15, 0.2) is 5.65 Å². The zero-order valence-electron chi connectivity index (χ0n) is 18.6. The summed E-state index contributed by atoms with van der Waals surface area (Å²) in [5.41, 5.74) is 1.78. The van der Waals surface area contributed by atoms with Crippen molar-refractivity contribution >= 4 is 17.1 Å². The van der Waals surface area contributed by atoms with E-state index in [0.29, 0.717) is 41.0 Å². The number of anilines is 1. The first-order valence-corrected chi connectivity index (χ1v) is 11.4. The van der Waals surface area contributed by atoms with Gasteiger partial charge >= 0.3 is 0 Å². The highest BCUT2D eigenvalue weighted by molar-refractivity contribution is 5.77. The van der Waals surface area contributed by atoms with Crippen LogP contribution in [0.4, 0.5) is 19.1 Å². The zero-order chi connectivity index (χ0) is 23.5. The summed E-state index contributed by atoms with van der Waals surface area (Å²) in [7, 11) is 0. The standard InChI is InChI=1S/C25H25F3N6/c26-18-5-6-19(21(28)13-18)23-32-22-15-31-25(30-14-17-3-1-2-4-20(17)27)33-24(22)34(23)12-9-16-7-10-29-11-8-16/h1-6,13,15-16,29H,7-12,14H2,(H,30,31,33). The number of aryl methyl sites for hydroxylation is 1. The lowest BCUT2D eigenvalue weighted by atomic mass is 9.95. The molecule has 0 aliphatic carbocycles. The van der Waals surface area contributed by atoms with Crippen LogP contribution in [0.1, 0.15) is 24.8 Å². The SMILES string of the molecule is Fc1ccc(-c2nc3cnc(NCc4ccccc4F)nc3n2CCC2CCNCC2)c(F)c1. The molecule has 0 spiro atoms. The van der Waals surface area contributed by atoms with Gasteiger partial charge in [0.25, 0.3) is 0 Å². The minimum atomic E-state index is -0.677. The molecule has 0 atom stereocenters. The van der Waals surface area contributed by atoms with Crippen molar-refractivity contribution in [3.05, 3.63) is 71.7 Å². The van der Waals surface area contributed by atoms with Gasteiger partial charge in [-0.05, 0) is 56.5 Å². The molecule has 0 radical (unpaired) electrons. The van der Waals surface area contributed by atoms with Gasteiger partial charge in [0.1, 0.15) is 28.8 Å². The summed E-state index contributed by atoms with van der Waals surface area (Å²) in [5.74, 6) is -0.364. The van der Waals surface area contributed by atoms with Crippen molar-refractivity contribution in [1.82, 2.24) is 24.8 Å². The van der Waals surface area contributed by atoms with Crippen LogP contribution < -0.4 is 10.6 Å². The van der Waals surface area contributed by atoms with Crippen LogP contribution >= 0.6 is 0 Å². The molecule has 176 valence electrons. The van der Waals surface area contributed by atoms with Crippen molar-refractivity contribution in [2.24, 2.45) is 5.92 Å². The van der Waals surface area contributed by atoms with E-state index >= 15 is 0 Å². The molecule has 0 bridgehead atoms. The van der Waals surface area contributed by atoms with E-state index in [2.05, 4.69) is 25.6 Å². The number of benzene rings is 2. The van der Waals surface area contributed by atoms with Gasteiger partial charge in [0.2, 0.25) is 5.95 Å². The Morgan fingerprint density at radius 1 is 1.00 bits per heavy atom. The second-order valence-corrected chi connectivity index (χ2v) is 8.54. The van der Waals surface area contributed by atoms with Crippen LogP contribution in [0.2, 0.25) is 0 Å². The van der Waals surface area contributed by atoms with Crippen LogP contribution in [0.15, 0.2) is 48.7 Å². The second-order valence-electron chi connectivity index (χ2n) is 8.54. The van der Waals surface area contributed by atoms with Gasteiger partial charge < -0.3 is 15.2 Å². The minimum absolute atomic E-state index is 0.213. The first kappa shape index (κ1) is 22.3. The first-order valence-electron chi connectivity index (χ1n) is 11.4. The molecular formula is C25H25F3N6. The molecular weight excluding hydrogens is 441 g/mol. The molecule has 1 saturated heterocycles. The van der Waals surface area contributed by atoms with E-state index in [0.717, 1.165) is 38.4 Å². The molecule has 1 fully saturated rings. The van der Waals surface area contributed by atoms with Crippen molar-refractivity contribution in [1.29, 1.82) is 0 Å². The van der Waals surface area contributed by atoms with E-state index in [4.69, 9.17) is 0 Å². The summed E-state index contributed by atoms with van der Waals surface area (Å²) < 4.78 is 44.1. The number of nitrogens with one attached hydrogen (secondary N) is 2. The highest BCUT2D eigenvalue weighted by atomic mass is 19.1. The predicted octanol–water partition coefficient (Wildman–Crippen LogP) is 4.91. The molecule has 9 heteroatoms. The number of rotatable bonds is 7. The van der Waals surface area contributed by atoms with Crippen LogP contribution in [0.25, 0.3) is 22.6 Å². The number of nitrogens with zero attached hydrogens (tertiary/aromatic N) is 4. The third kappa shape index (κ3) is 4.75. The molecule has 6 nitrogen and oxygen atoms in total. The van der Waals surface area contributed by atoms with E-state index in [1.54, 1.807) is 24.4 Å². The maximum Gasteiger partial charge on any atom is 0.225 e. The fraction of sp³-hybridized carbons (Fsp3) is 0.320. The maximum atomic E-state index is 14.7. The van der Waals surface area contributed by atoms with Gasteiger partial charge in [-0.3, -0.25) is 0 Å². The summed E-state index contributed by atoms with van der Waals surface area (Å²) in [6.07, 6.45) is 4.62. The fourth-order valence-electron chi connectivity index (χ4n) is 4.39. The first-order chi connectivity index (χ1) is 16.6. The number of halogens is 3. The zero-order valence-corrected chi connectivity index (χ0v) is 18.6. The average molecular weight is 467 g/mol. The normalized spacial score (nSPS) is 14.6. The third-order valence-electron chi connectivity index (χ3n) is 6.27. The Morgan fingerprint density at radius 3 is 2.62 bits per heavy atom. The molecule has 5 rings (SSSR count). The minimum Gasteiger partial charge on any atom is -0.350 e. The van der Waals surface area contributed by atoms with Crippen molar-refractivity contribution in [2.45, 2.75) is 32.4 Å². The summed E-state index contributed by atoms with van der Waals surface area (Å²) >= 11 is 0. The second kappa shape index (κ2) is 9.80. The van der Waals surface area contributed by atoms with E-state index in [1.807, 2.05) is 4.57 Å². The number of aromatic nitrogens is 4. The summed E-state index contributed by atoms with van der Waals surface area (Å²) in [5, 5.41) is 6.43. The van der Waals surface area contributed by atoms with Crippen LogP contribution in [-0.4, -0.2) is 32.6 Å². The Balaban J connectivity index is 1.49. The Bertz CT molecular complexity index is 1300. The molecule has 0 amide bonds. The number of fused-ring (bicyclic) bond motifs is 1. The maximum absolute atomic E-state index is 14.7. The van der Waals surface area contributed by atoms with Crippen molar-refractivity contribution in [3.63, 3.8) is 0 Å². The Labute approximate surface area is 195 Å². The Kier molecular flexibility index (Phi) is 6.44. The summed E-state index contributed by atoms with van der Waals surface area (Å²) in [4.78, 5) is 13.5. The van der Waals surface area contributed by atoms with Gasteiger partial charge in [-0.2, -0.15) is 4.98 Å². The van der Waals surface area contributed by atoms with E-state index in [1.165, 1.54) is 18.2 Å². The van der Waals surface area contributed by atoms with Gasteiger partial charge in [0, 0.05) is 24.7 Å². The molecule has 0 saturated carbocycles. The molecule has 0 unspecified atom stereocenters. The van der Waals surface area contributed by atoms with Crippen LogP contribution in [-0.2, 0) is 13.1 Å². The smallest absolute Gasteiger partial charge is 0.225 e. The Morgan fingerprint density at radius 2 is 1.82 bits per heavy atom. The molecule has 2 aromatic carbocycles. The molecule has 1 aliphatic heterocycles. The quantitative estimate of drug-likeness (QED) is 0.405. The lowest BCUT2D eigenvalue weighted by molar-refractivity contribution is 0.339. The topological polar surface area (TPSA) is 67.7 Å². The average Bonchev–Trinajstić information content (AvgIpc) is 3.20. The molecule has 3 heterocycles. The summed E-state index contributed by atoms with van der Waals surface area (Å²) in [6.45, 7) is 2.79. The molecule has 4 aromatic rings. The van der Waals surface area contributed by atoms with Crippen molar-refractivity contribution in [3.8, 4) is 11.4 Å². The predicted molar refractivity (Wildman–Crippen MR) is 125 cm³/mol. The van der Waals surface area contributed by atoms with Crippen molar-refractivity contribution in [2.75, 3.05) is 18.4 Å². The highest BCUT2D eigenvalue weighted by Gasteiger charge is 2.20. The van der Waals surface area contributed by atoms with Crippen molar-refractivity contribution < 1.29 is 13.2 Å². The van der Waals surface area contributed by atoms with Gasteiger partial charge in [-0.1, -0.05) is 18.2 Å². The largest absolute Gasteiger partial charge is 0.350 e. The number of piperidine rings is 1. The number of hydrogen-bond acceptors (Lipinski definition) is 5. The van der Waals surface area contributed by atoms with Gasteiger partial charge in [0.05, 0.1) is 11.8 Å². The summed E-state index contributed by atoms with van der Waals surface area (Å²) in [6, 6.07) is 9.99. The van der Waals surface area contributed by atoms with Gasteiger partial charge in [-0.15, -0.1) is 0 Å². The van der Waals surface area contributed by atoms with Crippen LogP contribution in [0.3, 0.4) is 0 Å². The monoisotopic (exact) mass is 466 g/mol. The number of imidazole rings is 1. The van der Waals surface area contributed by atoms with Crippen LogP contribution in [0, 0.1) is 23.4 Å². The highest BCUT2D eigenvalue weighted by Crippen LogP contribution is 2.28. The van der Waals surface area contributed by atoms with Gasteiger partial charge in [-0.25, -0.2) is 23.1 Å². The molecule has 2 N–H and O–H groups in total. The Hall–Kier alpha value is -3.46. The lowest BCUT2D eigenvalue weighted by Gasteiger charge is -2.23. The van der Waals surface area contributed by atoms with Crippen LogP contribution in [0.5, 0.6) is 0 Å². The number of hydrogen-bond donors (Lipinski definition) is 2. The molecule has 34 heavy (non-hydrogen) atoms. The van der Waals surface area contributed by atoms with E-state index in [9.17, 15) is 13.2 Å². The lowest BCUT2D eigenvalue weighted by Crippen LogP contribution is -2.28. The van der Waals surface area contributed by atoms with E-state index in [-0.39, 0.29) is 17.9 Å². The fourth-order valence-corrected chi connectivity index (χ4v) is 4.39. The van der Waals surface area contributed by atoms with E-state index < -0.39 is 11.6 Å². The molecule has 2 aromatic heterocycles. The molecule has 1 aliphatic rings.